The molecule has 8 nitrogen and oxygen atoms in total. The van der Waals surface area contributed by atoms with Crippen LogP contribution < -0.4 is 0 Å². The quantitative estimate of drug-likeness (QED) is 0.664. The fraction of sp³-hybridized carbons (Fsp3) is 0.667. The van der Waals surface area contributed by atoms with Crippen molar-refractivity contribution in [2.75, 3.05) is 0 Å². The van der Waals surface area contributed by atoms with E-state index in [0.29, 0.717) is 18.1 Å². The standard InChI is InChI=1S/C6H10N8/c1-6(2,5-9-13-14-10-5)3-4-7-11-12-8-4/h3H2,1-2H3,(H,7,8,11,12)(H,9,10,13,14). The van der Waals surface area contributed by atoms with E-state index in [-0.39, 0.29) is 5.41 Å². The Morgan fingerprint density at radius 2 is 1.79 bits per heavy atom. The van der Waals surface area contributed by atoms with E-state index >= 15 is 0 Å². The molecule has 0 aliphatic rings. The van der Waals surface area contributed by atoms with E-state index in [1.165, 1.54) is 0 Å². The van der Waals surface area contributed by atoms with Crippen molar-refractivity contribution < 1.29 is 0 Å². The number of rotatable bonds is 3. The predicted octanol–water partition coefficient (Wildman–Crippen LogP) is -0.767. The smallest absolute Gasteiger partial charge is 0.177 e. The highest BCUT2D eigenvalue weighted by atomic mass is 15.5. The summed E-state index contributed by atoms with van der Waals surface area (Å²) in [4.78, 5) is 0. The molecule has 2 rings (SSSR count). The molecule has 14 heavy (non-hydrogen) atoms. The van der Waals surface area contributed by atoms with Crippen LogP contribution >= 0.6 is 0 Å². The Morgan fingerprint density at radius 1 is 1.07 bits per heavy atom. The molecule has 0 aliphatic heterocycles. The topological polar surface area (TPSA) is 109 Å². The minimum absolute atomic E-state index is 0.253. The van der Waals surface area contributed by atoms with Gasteiger partial charge in [0.05, 0.1) is 0 Å². The molecule has 8 heteroatoms. The van der Waals surface area contributed by atoms with Gasteiger partial charge in [0.2, 0.25) is 0 Å². The SMILES string of the molecule is CC(C)(Cc1nn[nH]n1)c1nn[nH]n1. The summed E-state index contributed by atoms with van der Waals surface area (Å²) in [6, 6.07) is 0. The Bertz CT molecular complexity index is 374. The Kier molecular flexibility index (Phi) is 1.95. The van der Waals surface area contributed by atoms with Crippen molar-refractivity contribution in [3.8, 4) is 0 Å². The fourth-order valence-electron chi connectivity index (χ4n) is 1.18. The van der Waals surface area contributed by atoms with Crippen LogP contribution in [0.3, 0.4) is 0 Å². The normalized spacial score (nSPS) is 11.9. The Morgan fingerprint density at radius 3 is 2.36 bits per heavy atom. The van der Waals surface area contributed by atoms with Crippen LogP contribution in [0.4, 0.5) is 0 Å². The van der Waals surface area contributed by atoms with Gasteiger partial charge < -0.3 is 0 Å². The summed E-state index contributed by atoms with van der Waals surface area (Å²) < 4.78 is 0. The molecule has 2 N–H and O–H groups in total. The molecule has 2 aromatic rings. The van der Waals surface area contributed by atoms with E-state index in [9.17, 15) is 0 Å². The maximum atomic E-state index is 3.94. The highest BCUT2D eigenvalue weighted by Gasteiger charge is 2.27. The third kappa shape index (κ3) is 1.58. The molecule has 0 bridgehead atoms. The molecule has 0 aromatic carbocycles. The third-order valence-electron chi connectivity index (χ3n) is 1.94. The van der Waals surface area contributed by atoms with Crippen molar-refractivity contribution in [1.29, 1.82) is 0 Å². The molecule has 0 fully saturated rings. The number of hydrogen-bond acceptors (Lipinski definition) is 6. The molecule has 0 radical (unpaired) electrons. The largest absolute Gasteiger partial charge is 0.180 e. The Balaban J connectivity index is 2.17. The summed E-state index contributed by atoms with van der Waals surface area (Å²) in [6.45, 7) is 3.99. The summed E-state index contributed by atoms with van der Waals surface area (Å²) in [7, 11) is 0. The monoisotopic (exact) mass is 194 g/mol. The van der Waals surface area contributed by atoms with Crippen LogP contribution in [0.25, 0.3) is 0 Å². The molecule has 0 amide bonds. The molecular formula is C6H10N8. The van der Waals surface area contributed by atoms with Crippen molar-refractivity contribution in [1.82, 2.24) is 41.2 Å². The predicted molar refractivity (Wildman–Crippen MR) is 45.1 cm³/mol. The molecule has 74 valence electrons. The molecule has 0 atom stereocenters. The third-order valence-corrected chi connectivity index (χ3v) is 1.94. The van der Waals surface area contributed by atoms with Crippen LogP contribution in [0.2, 0.25) is 0 Å². The van der Waals surface area contributed by atoms with Gasteiger partial charge in [-0.3, -0.25) is 0 Å². The average Bonchev–Trinajstić information content (AvgIpc) is 2.71. The Labute approximate surface area is 79.5 Å². The number of nitrogens with one attached hydrogen (secondary N) is 2. The van der Waals surface area contributed by atoms with Crippen molar-refractivity contribution in [3.63, 3.8) is 0 Å². The fourth-order valence-corrected chi connectivity index (χ4v) is 1.18. The molecule has 0 spiro atoms. The molecule has 0 aliphatic carbocycles. The lowest BCUT2D eigenvalue weighted by Gasteiger charge is -2.17. The lowest BCUT2D eigenvalue weighted by Crippen LogP contribution is -2.23. The second kappa shape index (κ2) is 3.13. The molecule has 0 saturated carbocycles. The van der Waals surface area contributed by atoms with Crippen LogP contribution in [0, 0.1) is 0 Å². The Hall–Kier alpha value is -1.86. The van der Waals surface area contributed by atoms with Gasteiger partial charge in [-0.15, -0.1) is 20.4 Å². The van der Waals surface area contributed by atoms with Gasteiger partial charge in [0.1, 0.15) is 0 Å². The second-order valence-corrected chi connectivity index (χ2v) is 3.62. The van der Waals surface area contributed by atoms with Gasteiger partial charge in [-0.25, -0.2) is 0 Å². The van der Waals surface area contributed by atoms with Gasteiger partial charge in [0, 0.05) is 11.8 Å². The first kappa shape index (κ1) is 8.73. The van der Waals surface area contributed by atoms with Gasteiger partial charge in [-0.1, -0.05) is 24.3 Å². The first-order valence-corrected chi connectivity index (χ1v) is 4.15. The lowest BCUT2D eigenvalue weighted by atomic mass is 9.88. The van der Waals surface area contributed by atoms with Crippen LogP contribution in [0.1, 0.15) is 25.5 Å². The zero-order valence-corrected chi connectivity index (χ0v) is 7.89. The summed E-state index contributed by atoms with van der Waals surface area (Å²) >= 11 is 0. The zero-order chi connectivity index (χ0) is 10.0. The van der Waals surface area contributed by atoms with Gasteiger partial charge in [-0.05, 0) is 0 Å². The van der Waals surface area contributed by atoms with Crippen LogP contribution in [0.5, 0.6) is 0 Å². The maximum absolute atomic E-state index is 3.94. The summed E-state index contributed by atoms with van der Waals surface area (Å²) in [6.07, 6.45) is 0.614. The summed E-state index contributed by atoms with van der Waals surface area (Å²) in [5.41, 5.74) is -0.253. The zero-order valence-electron chi connectivity index (χ0n) is 7.89. The van der Waals surface area contributed by atoms with Gasteiger partial charge in [0.25, 0.3) is 0 Å². The van der Waals surface area contributed by atoms with Crippen molar-refractivity contribution in [2.45, 2.75) is 25.7 Å². The number of aromatic amines is 2. The van der Waals surface area contributed by atoms with E-state index in [1.807, 2.05) is 13.8 Å². The molecule has 2 heterocycles. The molecular weight excluding hydrogens is 184 g/mol. The number of aromatic nitrogens is 8. The first-order chi connectivity index (χ1) is 6.68. The first-order valence-electron chi connectivity index (χ1n) is 4.15. The number of H-pyrrole nitrogens is 2. The van der Waals surface area contributed by atoms with Gasteiger partial charge >= 0.3 is 0 Å². The summed E-state index contributed by atoms with van der Waals surface area (Å²) in [5.74, 6) is 1.28. The number of hydrogen-bond donors (Lipinski definition) is 2. The van der Waals surface area contributed by atoms with Crippen LogP contribution in [-0.4, -0.2) is 41.2 Å². The van der Waals surface area contributed by atoms with Crippen molar-refractivity contribution in [3.05, 3.63) is 11.6 Å². The minimum atomic E-state index is -0.253. The van der Waals surface area contributed by atoms with Crippen molar-refractivity contribution in [2.24, 2.45) is 0 Å². The minimum Gasteiger partial charge on any atom is -0.177 e. The van der Waals surface area contributed by atoms with E-state index in [1.54, 1.807) is 0 Å². The second-order valence-electron chi connectivity index (χ2n) is 3.62. The average molecular weight is 194 g/mol. The van der Waals surface area contributed by atoms with E-state index in [0.717, 1.165) is 0 Å². The van der Waals surface area contributed by atoms with Crippen LogP contribution in [-0.2, 0) is 11.8 Å². The van der Waals surface area contributed by atoms with Crippen molar-refractivity contribution >= 4 is 0 Å². The highest BCUT2D eigenvalue weighted by Crippen LogP contribution is 2.21. The number of tetrazole rings is 2. The van der Waals surface area contributed by atoms with E-state index < -0.39 is 0 Å². The molecule has 0 saturated heterocycles. The number of nitrogens with zero attached hydrogens (tertiary/aromatic N) is 6. The van der Waals surface area contributed by atoms with E-state index in [2.05, 4.69) is 41.2 Å². The van der Waals surface area contributed by atoms with Crippen LogP contribution in [0.15, 0.2) is 0 Å². The molecule has 0 unspecified atom stereocenters. The molecule has 2 aromatic heterocycles. The highest BCUT2D eigenvalue weighted by molar-refractivity contribution is 5.04. The van der Waals surface area contributed by atoms with E-state index in [4.69, 9.17) is 0 Å². The van der Waals surface area contributed by atoms with Gasteiger partial charge in [-0.2, -0.15) is 10.4 Å². The lowest BCUT2D eigenvalue weighted by molar-refractivity contribution is 0.475. The maximum Gasteiger partial charge on any atom is 0.180 e. The van der Waals surface area contributed by atoms with Gasteiger partial charge in [0.15, 0.2) is 11.6 Å². The summed E-state index contributed by atoms with van der Waals surface area (Å²) in [5, 5.41) is 27.5.